The maximum atomic E-state index is 12.8. The number of rotatable bonds is 3. The van der Waals surface area contributed by atoms with E-state index in [0.717, 1.165) is 6.07 Å². The van der Waals surface area contributed by atoms with Crippen LogP contribution in [0.15, 0.2) is 49.6 Å². The van der Waals surface area contributed by atoms with Gasteiger partial charge in [0.2, 0.25) is 5.82 Å². The SMILES string of the molecule is C=Cc1cccc(F)c1N.C=Cc1cccc(F)c1[N+](=O)[O-]. The summed E-state index contributed by atoms with van der Waals surface area (Å²) in [6, 6.07) is 8.52. The predicted molar refractivity (Wildman–Crippen MR) is 84.0 cm³/mol. The number of nitrogen functional groups attached to an aromatic ring is 1. The van der Waals surface area contributed by atoms with Gasteiger partial charge in [0.05, 0.1) is 16.2 Å². The number of hydrogen-bond acceptors (Lipinski definition) is 3. The molecule has 0 radical (unpaired) electrons. The monoisotopic (exact) mass is 304 g/mol. The van der Waals surface area contributed by atoms with Gasteiger partial charge in [0.1, 0.15) is 5.82 Å². The summed E-state index contributed by atoms with van der Waals surface area (Å²) in [6.07, 6.45) is 2.78. The van der Waals surface area contributed by atoms with Crippen LogP contribution >= 0.6 is 0 Å². The number of anilines is 1. The zero-order chi connectivity index (χ0) is 16.7. The van der Waals surface area contributed by atoms with Gasteiger partial charge in [-0.3, -0.25) is 10.1 Å². The number of benzene rings is 2. The zero-order valence-corrected chi connectivity index (χ0v) is 11.6. The molecule has 0 fully saturated rings. The Bertz CT molecular complexity index is 715. The largest absolute Gasteiger partial charge is 0.396 e. The van der Waals surface area contributed by atoms with Gasteiger partial charge in [0.25, 0.3) is 0 Å². The highest BCUT2D eigenvalue weighted by molar-refractivity contribution is 5.63. The minimum atomic E-state index is -0.836. The van der Waals surface area contributed by atoms with Crippen LogP contribution in [-0.4, -0.2) is 4.92 Å². The van der Waals surface area contributed by atoms with Crippen LogP contribution in [0.4, 0.5) is 20.2 Å². The molecule has 0 atom stereocenters. The summed E-state index contributed by atoms with van der Waals surface area (Å²) >= 11 is 0. The van der Waals surface area contributed by atoms with Gasteiger partial charge in [-0.15, -0.1) is 0 Å². The van der Waals surface area contributed by atoms with Crippen molar-refractivity contribution < 1.29 is 13.7 Å². The highest BCUT2D eigenvalue weighted by Gasteiger charge is 2.16. The molecule has 0 aliphatic carbocycles. The molecule has 0 bridgehead atoms. The second kappa shape index (κ2) is 7.68. The lowest BCUT2D eigenvalue weighted by atomic mass is 10.2. The molecule has 4 nitrogen and oxygen atoms in total. The fourth-order valence-corrected chi connectivity index (χ4v) is 1.62. The Hall–Kier alpha value is -3.02. The van der Waals surface area contributed by atoms with Gasteiger partial charge in [-0.1, -0.05) is 43.5 Å². The van der Waals surface area contributed by atoms with Gasteiger partial charge in [0.15, 0.2) is 0 Å². The first-order valence-electron chi connectivity index (χ1n) is 6.14. The number of nitro benzene ring substituents is 1. The number of para-hydroxylation sites is 2. The van der Waals surface area contributed by atoms with Crippen LogP contribution in [-0.2, 0) is 0 Å². The Morgan fingerprint density at radius 1 is 1.00 bits per heavy atom. The molecule has 0 aliphatic heterocycles. The molecule has 0 spiro atoms. The molecule has 0 amide bonds. The summed E-state index contributed by atoms with van der Waals surface area (Å²) < 4.78 is 25.4. The first kappa shape index (κ1) is 17.0. The molecule has 6 heteroatoms. The minimum absolute atomic E-state index is 0.164. The van der Waals surface area contributed by atoms with Crippen molar-refractivity contribution >= 4 is 23.5 Å². The molecule has 2 N–H and O–H groups in total. The number of nitrogens with two attached hydrogens (primary N) is 1. The molecule has 0 unspecified atom stereocenters. The molecular formula is C16H14F2N2O2. The van der Waals surface area contributed by atoms with Crippen molar-refractivity contribution in [3.8, 4) is 0 Å². The van der Waals surface area contributed by atoms with E-state index in [9.17, 15) is 18.9 Å². The molecule has 2 aromatic rings. The molecule has 0 heterocycles. The van der Waals surface area contributed by atoms with Gasteiger partial charge in [-0.2, -0.15) is 4.39 Å². The van der Waals surface area contributed by atoms with E-state index in [1.807, 2.05) is 0 Å². The zero-order valence-electron chi connectivity index (χ0n) is 11.6. The van der Waals surface area contributed by atoms with Crippen LogP contribution in [0.1, 0.15) is 11.1 Å². The van der Waals surface area contributed by atoms with E-state index < -0.39 is 22.2 Å². The highest BCUT2D eigenvalue weighted by atomic mass is 19.1. The topological polar surface area (TPSA) is 69.2 Å². The summed E-state index contributed by atoms with van der Waals surface area (Å²) in [7, 11) is 0. The number of hydrogen-bond donors (Lipinski definition) is 1. The Morgan fingerprint density at radius 2 is 1.50 bits per heavy atom. The van der Waals surface area contributed by atoms with Crippen LogP contribution in [0.5, 0.6) is 0 Å². The summed E-state index contributed by atoms with van der Waals surface area (Å²) in [6.45, 7) is 6.83. The van der Waals surface area contributed by atoms with Crippen LogP contribution in [0.25, 0.3) is 12.2 Å². The summed E-state index contributed by atoms with van der Waals surface area (Å²) in [5, 5.41) is 10.3. The van der Waals surface area contributed by atoms with Crippen molar-refractivity contribution in [2.45, 2.75) is 0 Å². The van der Waals surface area contributed by atoms with E-state index in [1.165, 1.54) is 30.4 Å². The highest BCUT2D eigenvalue weighted by Crippen LogP contribution is 2.22. The first-order chi connectivity index (χ1) is 10.4. The molecule has 0 saturated carbocycles. The molecule has 22 heavy (non-hydrogen) atoms. The van der Waals surface area contributed by atoms with Crippen molar-refractivity contribution in [2.24, 2.45) is 0 Å². The van der Waals surface area contributed by atoms with E-state index in [-0.39, 0.29) is 11.3 Å². The van der Waals surface area contributed by atoms with E-state index in [4.69, 9.17) is 5.73 Å². The Labute approximate surface area is 126 Å². The van der Waals surface area contributed by atoms with Crippen molar-refractivity contribution in [1.29, 1.82) is 0 Å². The molecule has 2 rings (SSSR count). The molecule has 114 valence electrons. The summed E-state index contributed by atoms with van der Waals surface area (Å²) in [4.78, 5) is 9.56. The lowest BCUT2D eigenvalue weighted by Gasteiger charge is -1.98. The maximum absolute atomic E-state index is 12.8. The summed E-state index contributed by atoms with van der Waals surface area (Å²) in [5.74, 6) is -1.23. The Balaban J connectivity index is 0.000000224. The van der Waals surface area contributed by atoms with Gasteiger partial charge >= 0.3 is 5.69 Å². The van der Waals surface area contributed by atoms with Crippen LogP contribution in [0.2, 0.25) is 0 Å². The second-order valence-electron chi connectivity index (χ2n) is 4.09. The molecule has 0 aliphatic rings. The fraction of sp³-hybridized carbons (Fsp3) is 0. The quantitative estimate of drug-likeness (QED) is 0.518. The molecule has 2 aromatic carbocycles. The fourth-order valence-electron chi connectivity index (χ4n) is 1.62. The number of halogens is 2. The van der Waals surface area contributed by atoms with E-state index in [1.54, 1.807) is 12.1 Å². The first-order valence-corrected chi connectivity index (χ1v) is 6.14. The van der Waals surface area contributed by atoms with Crippen LogP contribution in [0, 0.1) is 21.7 Å². The molecular weight excluding hydrogens is 290 g/mol. The summed E-state index contributed by atoms with van der Waals surface area (Å²) in [5.41, 5.74) is 5.82. The van der Waals surface area contributed by atoms with E-state index >= 15 is 0 Å². The lowest BCUT2D eigenvalue weighted by Crippen LogP contribution is -1.94. The standard InChI is InChI=1S/C8H6FNO2.C8H8FN/c1-2-6-4-3-5-7(9)8(6)10(11)12;1-2-6-4-3-5-7(9)8(6)10/h2-5H,1H2;2-5H,1,10H2. The van der Waals surface area contributed by atoms with Crippen molar-refractivity contribution in [3.05, 3.63) is 82.4 Å². The normalized spacial score (nSPS) is 9.36. The van der Waals surface area contributed by atoms with Crippen molar-refractivity contribution in [1.82, 2.24) is 0 Å². The van der Waals surface area contributed by atoms with E-state index in [2.05, 4.69) is 13.2 Å². The third kappa shape index (κ3) is 3.99. The third-order valence-corrected chi connectivity index (χ3v) is 2.73. The van der Waals surface area contributed by atoms with Crippen molar-refractivity contribution in [2.75, 3.05) is 5.73 Å². The lowest BCUT2D eigenvalue weighted by molar-refractivity contribution is -0.387. The molecule has 0 saturated heterocycles. The Morgan fingerprint density at radius 3 is 1.91 bits per heavy atom. The number of nitro groups is 1. The molecule has 0 aromatic heterocycles. The smallest absolute Gasteiger partial charge is 0.311 e. The average molecular weight is 304 g/mol. The van der Waals surface area contributed by atoms with Crippen molar-refractivity contribution in [3.63, 3.8) is 0 Å². The van der Waals surface area contributed by atoms with Gasteiger partial charge in [0, 0.05) is 0 Å². The number of nitrogens with zero attached hydrogens (tertiary/aromatic N) is 1. The minimum Gasteiger partial charge on any atom is -0.396 e. The van der Waals surface area contributed by atoms with Gasteiger partial charge in [-0.25, -0.2) is 4.39 Å². The van der Waals surface area contributed by atoms with Crippen LogP contribution < -0.4 is 5.73 Å². The third-order valence-electron chi connectivity index (χ3n) is 2.73. The van der Waals surface area contributed by atoms with E-state index in [0.29, 0.717) is 5.56 Å². The predicted octanol–water partition coefficient (Wildman–Crippen LogP) is 4.43. The average Bonchev–Trinajstić information content (AvgIpc) is 2.50. The van der Waals surface area contributed by atoms with Crippen LogP contribution in [0.3, 0.4) is 0 Å². The maximum Gasteiger partial charge on any atom is 0.311 e. The van der Waals surface area contributed by atoms with Gasteiger partial charge in [-0.05, 0) is 23.8 Å². The van der Waals surface area contributed by atoms with Gasteiger partial charge < -0.3 is 5.73 Å². The second-order valence-corrected chi connectivity index (χ2v) is 4.09. The Kier molecular flexibility index (Phi) is 5.95.